The van der Waals surface area contributed by atoms with Gasteiger partial charge in [0.1, 0.15) is 0 Å². The minimum Gasteiger partial charge on any atom is -0.379 e. The third-order valence-corrected chi connectivity index (χ3v) is 3.71. The van der Waals surface area contributed by atoms with Crippen LogP contribution >= 0.6 is 34.8 Å². The van der Waals surface area contributed by atoms with Gasteiger partial charge in [-0.2, -0.15) is 0 Å². The number of halogens is 3. The van der Waals surface area contributed by atoms with Crippen molar-refractivity contribution in [1.82, 2.24) is 0 Å². The Bertz CT molecular complexity index is 547. The van der Waals surface area contributed by atoms with Gasteiger partial charge in [-0.1, -0.05) is 53.0 Å². The molecule has 1 nitrogen and oxygen atoms in total. The van der Waals surface area contributed by atoms with E-state index < -0.39 is 0 Å². The Kier molecular flexibility index (Phi) is 4.39. The Labute approximate surface area is 122 Å². The minimum atomic E-state index is 0.612. The van der Waals surface area contributed by atoms with Crippen molar-refractivity contribution in [3.63, 3.8) is 0 Å². The Morgan fingerprint density at radius 1 is 0.944 bits per heavy atom. The SMILES string of the molecule is Cc1ccc(CNc2c(Cl)cccc2Cl)cc1Cl. The van der Waals surface area contributed by atoms with Crippen LogP contribution in [0, 0.1) is 6.92 Å². The van der Waals surface area contributed by atoms with Gasteiger partial charge in [-0.3, -0.25) is 0 Å². The van der Waals surface area contributed by atoms with Gasteiger partial charge in [-0.05, 0) is 36.2 Å². The molecule has 0 aliphatic rings. The Morgan fingerprint density at radius 3 is 2.22 bits per heavy atom. The molecule has 0 amide bonds. The summed E-state index contributed by atoms with van der Waals surface area (Å²) in [5, 5.41) is 5.21. The maximum Gasteiger partial charge on any atom is 0.0721 e. The van der Waals surface area contributed by atoms with E-state index in [2.05, 4.69) is 5.32 Å². The topological polar surface area (TPSA) is 12.0 Å². The molecule has 0 heterocycles. The zero-order valence-corrected chi connectivity index (χ0v) is 12.1. The smallest absolute Gasteiger partial charge is 0.0721 e. The van der Waals surface area contributed by atoms with Gasteiger partial charge in [-0.25, -0.2) is 0 Å². The zero-order chi connectivity index (χ0) is 13.1. The first-order chi connectivity index (χ1) is 8.58. The summed E-state index contributed by atoms with van der Waals surface area (Å²) in [5.74, 6) is 0. The lowest BCUT2D eigenvalue weighted by atomic mass is 10.1. The van der Waals surface area contributed by atoms with Crippen molar-refractivity contribution in [2.24, 2.45) is 0 Å². The highest BCUT2D eigenvalue weighted by molar-refractivity contribution is 6.39. The highest BCUT2D eigenvalue weighted by atomic mass is 35.5. The molecule has 0 bridgehead atoms. The summed E-state index contributed by atoms with van der Waals surface area (Å²) in [5.41, 5.74) is 2.90. The van der Waals surface area contributed by atoms with Crippen molar-refractivity contribution < 1.29 is 0 Å². The Hall–Kier alpha value is -0.890. The van der Waals surface area contributed by atoms with Gasteiger partial charge in [0.2, 0.25) is 0 Å². The minimum absolute atomic E-state index is 0.612. The standard InChI is InChI=1S/C14H12Cl3N/c1-9-5-6-10(7-13(9)17)8-18-14-11(15)3-2-4-12(14)16/h2-7,18H,8H2,1H3. The summed E-state index contributed by atoms with van der Waals surface area (Å²) in [6, 6.07) is 11.4. The number of hydrogen-bond donors (Lipinski definition) is 1. The first-order valence-corrected chi connectivity index (χ1v) is 6.64. The van der Waals surface area contributed by atoms with Crippen molar-refractivity contribution in [2.75, 3.05) is 5.32 Å². The van der Waals surface area contributed by atoms with Crippen LogP contribution in [0.25, 0.3) is 0 Å². The van der Waals surface area contributed by atoms with Crippen LogP contribution in [0.4, 0.5) is 5.69 Å². The molecule has 0 saturated carbocycles. The Balaban J connectivity index is 2.14. The monoisotopic (exact) mass is 299 g/mol. The number of rotatable bonds is 3. The first-order valence-electron chi connectivity index (χ1n) is 5.51. The summed E-state index contributed by atoms with van der Waals surface area (Å²) in [6.07, 6.45) is 0. The molecule has 0 aliphatic heterocycles. The lowest BCUT2D eigenvalue weighted by molar-refractivity contribution is 1.14. The molecular formula is C14H12Cl3N. The lowest BCUT2D eigenvalue weighted by Crippen LogP contribution is -2.00. The van der Waals surface area contributed by atoms with Crippen molar-refractivity contribution in [1.29, 1.82) is 0 Å². The maximum atomic E-state index is 6.08. The molecule has 0 unspecified atom stereocenters. The van der Waals surface area contributed by atoms with Crippen LogP contribution in [0.2, 0.25) is 15.1 Å². The summed E-state index contributed by atoms with van der Waals surface area (Å²) >= 11 is 18.2. The molecule has 2 aromatic carbocycles. The predicted octanol–water partition coefficient (Wildman–Crippen LogP) is 5.57. The van der Waals surface area contributed by atoms with Gasteiger partial charge in [-0.15, -0.1) is 0 Å². The third kappa shape index (κ3) is 3.11. The van der Waals surface area contributed by atoms with E-state index in [4.69, 9.17) is 34.8 Å². The van der Waals surface area contributed by atoms with Gasteiger partial charge in [0.25, 0.3) is 0 Å². The van der Waals surface area contributed by atoms with Crippen LogP contribution < -0.4 is 5.32 Å². The van der Waals surface area contributed by atoms with Gasteiger partial charge in [0, 0.05) is 11.6 Å². The number of anilines is 1. The summed E-state index contributed by atoms with van der Waals surface area (Å²) in [4.78, 5) is 0. The summed E-state index contributed by atoms with van der Waals surface area (Å²) in [7, 11) is 0. The molecule has 94 valence electrons. The van der Waals surface area contributed by atoms with Crippen molar-refractivity contribution in [3.05, 3.63) is 62.6 Å². The quantitative estimate of drug-likeness (QED) is 0.781. The van der Waals surface area contributed by atoms with Gasteiger partial charge in [0.05, 0.1) is 15.7 Å². The average molecular weight is 301 g/mol. The zero-order valence-electron chi connectivity index (χ0n) is 9.81. The molecule has 18 heavy (non-hydrogen) atoms. The van der Waals surface area contributed by atoms with E-state index in [-0.39, 0.29) is 0 Å². The second kappa shape index (κ2) is 5.83. The van der Waals surface area contributed by atoms with E-state index in [1.165, 1.54) is 0 Å². The second-order valence-electron chi connectivity index (χ2n) is 4.03. The van der Waals surface area contributed by atoms with Crippen LogP contribution in [0.15, 0.2) is 36.4 Å². The van der Waals surface area contributed by atoms with Gasteiger partial charge in [0.15, 0.2) is 0 Å². The molecule has 0 saturated heterocycles. The molecule has 2 aromatic rings. The Morgan fingerprint density at radius 2 is 1.61 bits per heavy atom. The van der Waals surface area contributed by atoms with E-state index in [9.17, 15) is 0 Å². The maximum absolute atomic E-state index is 6.08. The second-order valence-corrected chi connectivity index (χ2v) is 5.26. The number of aryl methyl sites for hydroxylation is 1. The molecule has 0 spiro atoms. The fraction of sp³-hybridized carbons (Fsp3) is 0.143. The normalized spacial score (nSPS) is 10.4. The summed E-state index contributed by atoms with van der Waals surface area (Å²) < 4.78 is 0. The van der Waals surface area contributed by atoms with Crippen molar-refractivity contribution in [2.45, 2.75) is 13.5 Å². The average Bonchev–Trinajstić information content (AvgIpc) is 2.33. The number of hydrogen-bond acceptors (Lipinski definition) is 1. The first kappa shape index (κ1) is 13.5. The lowest BCUT2D eigenvalue weighted by Gasteiger charge is -2.11. The number of para-hydroxylation sites is 1. The van der Waals surface area contributed by atoms with E-state index >= 15 is 0 Å². The molecular weight excluding hydrogens is 289 g/mol. The van der Waals surface area contributed by atoms with Crippen molar-refractivity contribution in [3.8, 4) is 0 Å². The van der Waals surface area contributed by atoms with Gasteiger partial charge >= 0.3 is 0 Å². The van der Waals surface area contributed by atoms with Crippen LogP contribution in [-0.2, 0) is 6.54 Å². The van der Waals surface area contributed by atoms with Crippen LogP contribution in [0.3, 0.4) is 0 Å². The molecule has 0 atom stereocenters. The predicted molar refractivity (Wildman–Crippen MR) is 80.0 cm³/mol. The van der Waals surface area contributed by atoms with Gasteiger partial charge < -0.3 is 5.32 Å². The fourth-order valence-electron chi connectivity index (χ4n) is 1.60. The molecule has 0 fully saturated rings. The third-order valence-electron chi connectivity index (χ3n) is 2.67. The summed E-state index contributed by atoms with van der Waals surface area (Å²) in [6.45, 7) is 2.61. The van der Waals surface area contributed by atoms with E-state index in [0.29, 0.717) is 16.6 Å². The largest absolute Gasteiger partial charge is 0.379 e. The molecule has 0 aromatic heterocycles. The number of nitrogens with one attached hydrogen (secondary N) is 1. The number of benzene rings is 2. The fourth-order valence-corrected chi connectivity index (χ4v) is 2.34. The van der Waals surface area contributed by atoms with Crippen LogP contribution in [-0.4, -0.2) is 0 Å². The molecule has 4 heteroatoms. The highest BCUT2D eigenvalue weighted by Gasteiger charge is 2.05. The van der Waals surface area contributed by atoms with Crippen LogP contribution in [0.5, 0.6) is 0 Å². The molecule has 0 aliphatic carbocycles. The van der Waals surface area contributed by atoms with E-state index in [0.717, 1.165) is 21.8 Å². The van der Waals surface area contributed by atoms with E-state index in [1.54, 1.807) is 12.1 Å². The molecule has 0 radical (unpaired) electrons. The molecule has 2 rings (SSSR count). The highest BCUT2D eigenvalue weighted by Crippen LogP contribution is 2.30. The van der Waals surface area contributed by atoms with Crippen molar-refractivity contribution >= 4 is 40.5 Å². The molecule has 1 N–H and O–H groups in total. The van der Waals surface area contributed by atoms with E-state index in [1.807, 2.05) is 31.2 Å². The van der Waals surface area contributed by atoms with Crippen LogP contribution in [0.1, 0.15) is 11.1 Å².